The van der Waals surface area contributed by atoms with E-state index in [1.165, 1.54) is 6.33 Å². The molecule has 0 unspecified atom stereocenters. The van der Waals surface area contributed by atoms with Crippen LogP contribution in [-0.4, -0.2) is 55.7 Å². The van der Waals surface area contributed by atoms with Crippen LogP contribution in [0.3, 0.4) is 0 Å². The van der Waals surface area contributed by atoms with E-state index in [0.717, 1.165) is 43.5 Å². The van der Waals surface area contributed by atoms with E-state index in [1.54, 1.807) is 16.9 Å². The molecule has 0 amide bonds. The van der Waals surface area contributed by atoms with Gasteiger partial charge in [0, 0.05) is 37.9 Å². The van der Waals surface area contributed by atoms with Crippen molar-refractivity contribution in [1.29, 1.82) is 0 Å². The summed E-state index contributed by atoms with van der Waals surface area (Å²) in [6.45, 7) is 5.36. The zero-order chi connectivity index (χ0) is 15.8. The molecule has 0 N–H and O–H groups in total. The highest BCUT2D eigenvalue weighted by Crippen LogP contribution is 2.20. The van der Waals surface area contributed by atoms with Crippen LogP contribution in [-0.2, 0) is 0 Å². The van der Waals surface area contributed by atoms with Crippen LogP contribution < -0.4 is 9.80 Å². The van der Waals surface area contributed by atoms with E-state index < -0.39 is 0 Å². The first-order valence-corrected chi connectivity index (χ1v) is 7.73. The predicted molar refractivity (Wildman–Crippen MR) is 87.0 cm³/mol. The molecule has 3 aromatic rings. The largest absolute Gasteiger partial charge is 0.353 e. The average molecular weight is 331 g/mol. The predicted octanol–water partition coefficient (Wildman–Crippen LogP) is 1.20. The number of anilines is 2. The Labute approximate surface area is 137 Å². The van der Waals surface area contributed by atoms with Gasteiger partial charge < -0.3 is 9.80 Å². The van der Waals surface area contributed by atoms with Crippen molar-refractivity contribution in [3.8, 4) is 0 Å². The Bertz CT molecular complexity index is 840. The molecule has 0 aromatic carbocycles. The van der Waals surface area contributed by atoms with Gasteiger partial charge >= 0.3 is 0 Å². The number of halogens is 1. The number of rotatable bonds is 2. The van der Waals surface area contributed by atoms with Gasteiger partial charge in [0.05, 0.1) is 12.4 Å². The van der Waals surface area contributed by atoms with Crippen molar-refractivity contribution in [2.24, 2.45) is 0 Å². The Morgan fingerprint density at radius 3 is 2.61 bits per heavy atom. The van der Waals surface area contributed by atoms with Crippen molar-refractivity contribution < 1.29 is 0 Å². The lowest BCUT2D eigenvalue weighted by molar-refractivity contribution is 0.632. The minimum absolute atomic E-state index is 0.416. The number of nitrogens with zero attached hydrogens (tertiary/aromatic N) is 8. The van der Waals surface area contributed by atoms with Crippen LogP contribution in [0.2, 0.25) is 5.15 Å². The van der Waals surface area contributed by atoms with E-state index >= 15 is 0 Å². The molecule has 0 atom stereocenters. The first-order chi connectivity index (χ1) is 11.2. The van der Waals surface area contributed by atoms with E-state index in [9.17, 15) is 0 Å². The molecule has 1 saturated heterocycles. The number of aromatic nitrogens is 6. The summed E-state index contributed by atoms with van der Waals surface area (Å²) < 4.78 is 1.78. The zero-order valence-corrected chi connectivity index (χ0v) is 13.3. The first-order valence-electron chi connectivity index (χ1n) is 7.35. The molecule has 9 heteroatoms. The van der Waals surface area contributed by atoms with Crippen molar-refractivity contribution in [2.75, 3.05) is 36.0 Å². The summed E-state index contributed by atoms with van der Waals surface area (Å²) in [5, 5.41) is 4.69. The first kappa shape index (κ1) is 14.1. The summed E-state index contributed by atoms with van der Waals surface area (Å²) >= 11 is 5.92. The van der Waals surface area contributed by atoms with Gasteiger partial charge in [0.15, 0.2) is 0 Å². The summed E-state index contributed by atoms with van der Waals surface area (Å²) in [5.41, 5.74) is 0.934. The fraction of sp³-hybridized carbons (Fsp3) is 0.357. The Morgan fingerprint density at radius 2 is 1.83 bits per heavy atom. The molecule has 0 radical (unpaired) electrons. The molecule has 0 aliphatic carbocycles. The van der Waals surface area contributed by atoms with Gasteiger partial charge in [-0.3, -0.25) is 4.98 Å². The molecule has 0 saturated carbocycles. The van der Waals surface area contributed by atoms with Crippen molar-refractivity contribution in [1.82, 2.24) is 29.5 Å². The van der Waals surface area contributed by atoms with Crippen LogP contribution in [0.5, 0.6) is 0 Å². The normalized spacial score (nSPS) is 15.4. The Kier molecular flexibility index (Phi) is 3.45. The smallest absolute Gasteiger partial charge is 0.254 e. The summed E-state index contributed by atoms with van der Waals surface area (Å²) in [7, 11) is 0. The molecule has 0 spiro atoms. The summed E-state index contributed by atoms with van der Waals surface area (Å²) in [4.78, 5) is 21.5. The van der Waals surface area contributed by atoms with E-state index in [4.69, 9.17) is 11.6 Å². The second-order valence-corrected chi connectivity index (χ2v) is 5.79. The number of hydrogen-bond acceptors (Lipinski definition) is 7. The van der Waals surface area contributed by atoms with Gasteiger partial charge in [0.2, 0.25) is 0 Å². The average Bonchev–Trinajstić information content (AvgIpc) is 3.02. The highest BCUT2D eigenvalue weighted by Gasteiger charge is 2.21. The number of aryl methyl sites for hydroxylation is 1. The van der Waals surface area contributed by atoms with E-state index in [1.807, 2.05) is 13.0 Å². The van der Waals surface area contributed by atoms with Gasteiger partial charge in [-0.15, -0.1) is 0 Å². The van der Waals surface area contributed by atoms with E-state index in [-0.39, 0.29) is 0 Å². The molecule has 8 nitrogen and oxygen atoms in total. The second kappa shape index (κ2) is 5.62. The minimum atomic E-state index is 0.416. The number of piperazine rings is 1. The molecule has 23 heavy (non-hydrogen) atoms. The summed E-state index contributed by atoms with van der Waals surface area (Å²) in [6.07, 6.45) is 4.82. The molecule has 118 valence electrons. The third-order valence-electron chi connectivity index (χ3n) is 3.88. The molecule has 0 bridgehead atoms. The van der Waals surface area contributed by atoms with Gasteiger partial charge in [-0.2, -0.15) is 14.6 Å². The van der Waals surface area contributed by atoms with Gasteiger partial charge in [-0.25, -0.2) is 9.97 Å². The maximum atomic E-state index is 5.92. The van der Waals surface area contributed by atoms with Gasteiger partial charge in [0.1, 0.15) is 23.1 Å². The molecule has 3 aromatic heterocycles. The lowest BCUT2D eigenvalue weighted by atomic mass is 10.3. The van der Waals surface area contributed by atoms with Crippen LogP contribution in [0.25, 0.3) is 5.78 Å². The van der Waals surface area contributed by atoms with Crippen molar-refractivity contribution in [2.45, 2.75) is 6.92 Å². The SMILES string of the molecule is Cc1cc(N2CCN(c3cncc(Cl)n3)CC2)n2ncnc2n1. The van der Waals surface area contributed by atoms with E-state index in [2.05, 4.69) is 34.8 Å². The molecule has 4 heterocycles. The summed E-state index contributed by atoms with van der Waals surface area (Å²) in [6, 6.07) is 2.04. The van der Waals surface area contributed by atoms with Crippen LogP contribution >= 0.6 is 11.6 Å². The maximum Gasteiger partial charge on any atom is 0.254 e. The third kappa shape index (κ3) is 2.65. The quantitative estimate of drug-likeness (QED) is 0.699. The molecule has 1 fully saturated rings. The number of fused-ring (bicyclic) bond motifs is 1. The maximum absolute atomic E-state index is 5.92. The van der Waals surface area contributed by atoms with Gasteiger partial charge in [-0.05, 0) is 6.92 Å². The fourth-order valence-electron chi connectivity index (χ4n) is 2.79. The fourth-order valence-corrected chi connectivity index (χ4v) is 2.93. The number of hydrogen-bond donors (Lipinski definition) is 0. The highest BCUT2D eigenvalue weighted by atomic mass is 35.5. The van der Waals surface area contributed by atoms with Crippen LogP contribution in [0.1, 0.15) is 5.69 Å². The highest BCUT2D eigenvalue weighted by molar-refractivity contribution is 6.29. The lowest BCUT2D eigenvalue weighted by Crippen LogP contribution is -2.47. The van der Waals surface area contributed by atoms with Crippen LogP contribution in [0, 0.1) is 6.92 Å². The lowest BCUT2D eigenvalue weighted by Gasteiger charge is -2.36. The third-order valence-corrected chi connectivity index (χ3v) is 4.06. The van der Waals surface area contributed by atoms with Gasteiger partial charge in [0.25, 0.3) is 5.78 Å². The zero-order valence-electron chi connectivity index (χ0n) is 12.6. The van der Waals surface area contributed by atoms with Crippen molar-refractivity contribution in [3.05, 3.63) is 35.6 Å². The Hall–Kier alpha value is -2.48. The molecular formula is C14H15ClN8. The van der Waals surface area contributed by atoms with Crippen molar-refractivity contribution in [3.63, 3.8) is 0 Å². The molecule has 1 aliphatic rings. The minimum Gasteiger partial charge on any atom is -0.353 e. The topological polar surface area (TPSA) is 75.3 Å². The molecular weight excluding hydrogens is 316 g/mol. The standard InChI is InChI=1S/C14H15ClN8/c1-10-6-13(23-14(19-10)17-9-18-23)22-4-2-21(3-5-22)12-8-16-7-11(15)20-12/h6-9H,2-5H2,1H3. The van der Waals surface area contributed by atoms with Crippen LogP contribution in [0.15, 0.2) is 24.8 Å². The van der Waals surface area contributed by atoms with Crippen LogP contribution in [0.4, 0.5) is 11.6 Å². The Morgan fingerprint density at radius 1 is 1.04 bits per heavy atom. The monoisotopic (exact) mass is 330 g/mol. The molecule has 1 aliphatic heterocycles. The Balaban J connectivity index is 1.56. The van der Waals surface area contributed by atoms with E-state index in [0.29, 0.717) is 10.9 Å². The van der Waals surface area contributed by atoms with Gasteiger partial charge in [-0.1, -0.05) is 11.6 Å². The second-order valence-electron chi connectivity index (χ2n) is 5.40. The molecule has 4 rings (SSSR count). The summed E-state index contributed by atoms with van der Waals surface area (Å²) in [5.74, 6) is 2.46. The van der Waals surface area contributed by atoms with Crippen molar-refractivity contribution >= 4 is 29.0 Å².